The van der Waals surface area contributed by atoms with E-state index in [2.05, 4.69) is 5.32 Å². The first-order chi connectivity index (χ1) is 10.5. The molecule has 0 unspecified atom stereocenters. The van der Waals surface area contributed by atoms with Gasteiger partial charge in [0.1, 0.15) is 0 Å². The number of hydrogen-bond acceptors (Lipinski definition) is 3. The van der Waals surface area contributed by atoms with Crippen LogP contribution in [-0.2, 0) is 21.4 Å². The molecule has 1 aromatic rings. The second-order valence-corrected chi connectivity index (χ2v) is 7.57. The molecule has 1 aliphatic rings. The molecule has 0 spiro atoms. The molecule has 1 N–H and O–H groups in total. The fourth-order valence-electron chi connectivity index (χ4n) is 2.48. The van der Waals surface area contributed by atoms with Crippen molar-refractivity contribution in [3.8, 4) is 0 Å². The fraction of sp³-hybridized carbons (Fsp3) is 0.562. The average Bonchev–Trinajstić information content (AvgIpc) is 3.06. The summed E-state index contributed by atoms with van der Waals surface area (Å²) < 4.78 is 26.3. The maximum atomic E-state index is 12.4. The van der Waals surface area contributed by atoms with Gasteiger partial charge in [0.2, 0.25) is 15.9 Å². The average molecular weight is 324 g/mol. The minimum atomic E-state index is -3.35. The zero-order chi connectivity index (χ0) is 16.0. The van der Waals surface area contributed by atoms with E-state index < -0.39 is 10.0 Å². The minimum Gasteiger partial charge on any atom is -0.352 e. The quantitative estimate of drug-likeness (QED) is 0.837. The van der Waals surface area contributed by atoms with Crippen LogP contribution in [0.25, 0.3) is 0 Å². The zero-order valence-electron chi connectivity index (χ0n) is 13.0. The van der Waals surface area contributed by atoms with Gasteiger partial charge in [0, 0.05) is 26.1 Å². The lowest BCUT2D eigenvalue weighted by Gasteiger charge is -2.15. The van der Waals surface area contributed by atoms with Gasteiger partial charge in [-0.05, 0) is 37.0 Å². The number of nitrogens with zero attached hydrogens (tertiary/aromatic N) is 1. The van der Waals surface area contributed by atoms with Crippen LogP contribution in [0.2, 0.25) is 0 Å². The molecule has 0 aliphatic carbocycles. The van der Waals surface area contributed by atoms with Crippen molar-refractivity contribution in [2.24, 2.45) is 0 Å². The summed E-state index contributed by atoms with van der Waals surface area (Å²) in [7, 11) is -3.35. The van der Waals surface area contributed by atoms with Crippen LogP contribution in [0.3, 0.4) is 0 Å². The van der Waals surface area contributed by atoms with E-state index in [9.17, 15) is 13.2 Å². The molecule has 1 aromatic carbocycles. The third kappa shape index (κ3) is 4.30. The van der Waals surface area contributed by atoms with Crippen molar-refractivity contribution in [2.45, 2.75) is 50.5 Å². The molecule has 0 atom stereocenters. The van der Waals surface area contributed by atoms with Gasteiger partial charge >= 0.3 is 0 Å². The molecular formula is C16H24N2O3S. The standard InChI is InChI=1S/C16H24N2O3S/c1-2-3-6-16(19)17-13-14-7-9-15(10-8-14)22(20,21)18-11-4-5-12-18/h7-10H,2-6,11-13H2,1H3,(H,17,19). The van der Waals surface area contributed by atoms with Crippen molar-refractivity contribution < 1.29 is 13.2 Å². The Hall–Kier alpha value is -1.40. The number of benzene rings is 1. The molecule has 1 heterocycles. The van der Waals surface area contributed by atoms with Crippen LogP contribution >= 0.6 is 0 Å². The molecule has 0 radical (unpaired) electrons. The summed E-state index contributed by atoms with van der Waals surface area (Å²) in [5.41, 5.74) is 0.908. The SMILES string of the molecule is CCCCC(=O)NCc1ccc(S(=O)(=O)N2CCCC2)cc1. The molecule has 1 amide bonds. The molecule has 6 heteroatoms. The molecule has 122 valence electrons. The summed E-state index contributed by atoms with van der Waals surface area (Å²) in [4.78, 5) is 11.9. The summed E-state index contributed by atoms with van der Waals surface area (Å²) in [6.45, 7) is 3.70. The molecular weight excluding hydrogens is 300 g/mol. The number of carbonyl (C=O) groups is 1. The highest BCUT2D eigenvalue weighted by atomic mass is 32.2. The van der Waals surface area contributed by atoms with Gasteiger partial charge in [0.05, 0.1) is 4.90 Å². The van der Waals surface area contributed by atoms with Gasteiger partial charge in [0.25, 0.3) is 0 Å². The maximum absolute atomic E-state index is 12.4. The maximum Gasteiger partial charge on any atom is 0.243 e. The van der Waals surface area contributed by atoms with Crippen LogP contribution in [0.5, 0.6) is 0 Å². The van der Waals surface area contributed by atoms with E-state index in [-0.39, 0.29) is 5.91 Å². The molecule has 0 saturated carbocycles. The Morgan fingerprint density at radius 1 is 1.18 bits per heavy atom. The number of sulfonamides is 1. The van der Waals surface area contributed by atoms with Gasteiger partial charge in [-0.25, -0.2) is 8.42 Å². The Morgan fingerprint density at radius 3 is 2.41 bits per heavy atom. The van der Waals surface area contributed by atoms with Crippen molar-refractivity contribution in [1.82, 2.24) is 9.62 Å². The first kappa shape index (κ1) is 17.0. The fourth-order valence-corrected chi connectivity index (χ4v) is 4.00. The van der Waals surface area contributed by atoms with Gasteiger partial charge in [-0.1, -0.05) is 25.5 Å². The van der Waals surface area contributed by atoms with Crippen LogP contribution in [0, 0.1) is 0 Å². The van der Waals surface area contributed by atoms with Crippen LogP contribution in [0.1, 0.15) is 44.6 Å². The normalized spacial score (nSPS) is 15.9. The third-order valence-electron chi connectivity index (χ3n) is 3.87. The Kier molecular flexibility index (Phi) is 5.97. The smallest absolute Gasteiger partial charge is 0.243 e. The van der Waals surface area contributed by atoms with E-state index in [1.165, 1.54) is 4.31 Å². The summed E-state index contributed by atoms with van der Waals surface area (Å²) in [5, 5.41) is 2.85. The highest BCUT2D eigenvalue weighted by molar-refractivity contribution is 7.89. The zero-order valence-corrected chi connectivity index (χ0v) is 13.9. The summed E-state index contributed by atoms with van der Waals surface area (Å²) in [5.74, 6) is 0.0376. The molecule has 1 saturated heterocycles. The van der Waals surface area contributed by atoms with E-state index in [0.29, 0.717) is 31.0 Å². The third-order valence-corrected chi connectivity index (χ3v) is 5.79. The Bertz CT molecular complexity index is 590. The van der Waals surface area contributed by atoms with E-state index >= 15 is 0 Å². The van der Waals surface area contributed by atoms with Crippen molar-refractivity contribution in [1.29, 1.82) is 0 Å². The lowest BCUT2D eigenvalue weighted by Crippen LogP contribution is -2.27. The molecule has 0 aromatic heterocycles. The molecule has 0 bridgehead atoms. The number of rotatable bonds is 7. The lowest BCUT2D eigenvalue weighted by molar-refractivity contribution is -0.121. The second-order valence-electron chi connectivity index (χ2n) is 5.64. The van der Waals surface area contributed by atoms with Gasteiger partial charge < -0.3 is 5.32 Å². The summed E-state index contributed by atoms with van der Waals surface area (Å²) in [6.07, 6.45) is 4.29. The number of hydrogen-bond donors (Lipinski definition) is 1. The lowest BCUT2D eigenvalue weighted by atomic mass is 10.2. The van der Waals surface area contributed by atoms with E-state index in [4.69, 9.17) is 0 Å². The molecule has 2 rings (SSSR count). The van der Waals surface area contributed by atoms with Crippen LogP contribution in [0.4, 0.5) is 0 Å². The Balaban J connectivity index is 1.94. The number of unbranched alkanes of at least 4 members (excludes halogenated alkanes) is 1. The summed E-state index contributed by atoms with van der Waals surface area (Å²) in [6, 6.07) is 6.79. The first-order valence-electron chi connectivity index (χ1n) is 7.90. The van der Waals surface area contributed by atoms with Crippen molar-refractivity contribution in [3.05, 3.63) is 29.8 Å². The highest BCUT2D eigenvalue weighted by Crippen LogP contribution is 2.21. The van der Waals surface area contributed by atoms with Gasteiger partial charge in [-0.15, -0.1) is 0 Å². The van der Waals surface area contributed by atoms with Gasteiger partial charge in [-0.2, -0.15) is 4.31 Å². The Labute approximate surface area is 132 Å². The predicted molar refractivity (Wildman–Crippen MR) is 85.8 cm³/mol. The van der Waals surface area contributed by atoms with Crippen molar-refractivity contribution in [2.75, 3.05) is 13.1 Å². The molecule has 1 aliphatic heterocycles. The number of carbonyl (C=O) groups excluding carboxylic acids is 1. The number of nitrogens with one attached hydrogen (secondary N) is 1. The minimum absolute atomic E-state index is 0.0376. The van der Waals surface area contributed by atoms with Crippen molar-refractivity contribution in [3.63, 3.8) is 0 Å². The van der Waals surface area contributed by atoms with Crippen LogP contribution in [0.15, 0.2) is 29.2 Å². The first-order valence-corrected chi connectivity index (χ1v) is 9.34. The van der Waals surface area contributed by atoms with Crippen LogP contribution < -0.4 is 5.32 Å². The van der Waals surface area contributed by atoms with Crippen molar-refractivity contribution >= 4 is 15.9 Å². The predicted octanol–water partition coefficient (Wildman–Crippen LogP) is 2.28. The highest BCUT2D eigenvalue weighted by Gasteiger charge is 2.26. The topological polar surface area (TPSA) is 66.5 Å². The Morgan fingerprint density at radius 2 is 1.82 bits per heavy atom. The molecule has 1 fully saturated rings. The second kappa shape index (κ2) is 7.74. The molecule has 5 nitrogen and oxygen atoms in total. The monoisotopic (exact) mass is 324 g/mol. The van der Waals surface area contributed by atoms with Gasteiger partial charge in [-0.3, -0.25) is 4.79 Å². The van der Waals surface area contributed by atoms with E-state index in [1.54, 1.807) is 24.3 Å². The van der Waals surface area contributed by atoms with E-state index in [1.807, 2.05) is 6.92 Å². The van der Waals surface area contributed by atoms with E-state index in [0.717, 1.165) is 31.2 Å². The molecule has 22 heavy (non-hydrogen) atoms. The van der Waals surface area contributed by atoms with Crippen LogP contribution in [-0.4, -0.2) is 31.7 Å². The number of amides is 1. The largest absolute Gasteiger partial charge is 0.352 e. The summed E-state index contributed by atoms with van der Waals surface area (Å²) >= 11 is 0. The van der Waals surface area contributed by atoms with Gasteiger partial charge in [0.15, 0.2) is 0 Å².